The van der Waals surface area contributed by atoms with Gasteiger partial charge in [-0.25, -0.2) is 4.68 Å². The second-order valence-electron chi connectivity index (χ2n) is 10.3. The van der Waals surface area contributed by atoms with Crippen molar-refractivity contribution in [2.45, 2.75) is 37.4 Å². The third kappa shape index (κ3) is 6.61. The van der Waals surface area contributed by atoms with Crippen molar-refractivity contribution in [3.05, 3.63) is 142 Å². The van der Waals surface area contributed by atoms with Gasteiger partial charge in [-0.15, -0.1) is 5.10 Å². The second-order valence-corrected chi connectivity index (χ2v) is 11.6. The maximum absolute atomic E-state index is 13.8. The summed E-state index contributed by atoms with van der Waals surface area (Å²) in [5.74, 6) is 1.71. The number of nitrogens with zero attached hydrogens (tertiary/aromatic N) is 3. The molecule has 1 unspecified atom stereocenters. The number of hydrogen-bond acceptors (Lipinski definition) is 6. The van der Waals surface area contributed by atoms with Gasteiger partial charge >= 0.3 is 0 Å². The van der Waals surface area contributed by atoms with Gasteiger partial charge in [-0.05, 0) is 60.9 Å². The monoisotopic (exact) mass is 607 g/mol. The first-order valence-corrected chi connectivity index (χ1v) is 15.3. The molecule has 4 aromatic carbocycles. The number of benzene rings is 4. The fraction of sp³-hybridized carbons (Fsp3) is 0.147. The Labute approximate surface area is 260 Å². The molecule has 1 aliphatic rings. The Kier molecular flexibility index (Phi) is 8.49. The zero-order chi connectivity index (χ0) is 29.8. The number of aryl methyl sites for hydroxylation is 1. The molecule has 7 nitrogen and oxygen atoms in total. The zero-order valence-corrected chi connectivity index (χ0v) is 25.3. The van der Waals surface area contributed by atoms with Crippen LogP contribution >= 0.6 is 23.4 Å². The molecule has 2 N–H and O–H groups in total. The van der Waals surface area contributed by atoms with E-state index in [1.807, 2.05) is 91.9 Å². The van der Waals surface area contributed by atoms with E-state index in [1.165, 1.54) is 17.3 Å². The number of para-hydroxylation sites is 1. The number of amides is 1. The topological polar surface area (TPSA) is 81.1 Å². The third-order valence-electron chi connectivity index (χ3n) is 7.11. The molecular weight excluding hydrogens is 578 g/mol. The first kappa shape index (κ1) is 28.6. The smallest absolute Gasteiger partial charge is 0.255 e. The fourth-order valence-corrected chi connectivity index (χ4v) is 6.10. The standard InChI is InChI=1S/C34H30ClN5O2S/c1-22-9-8-10-24(19-22)20-42-28-17-15-25(16-18-28)31-30(32(41)37-27-12-4-3-5-13-27)23(2)36-33-38-34(39-40(31)33)43-21-26-11-6-7-14-29(26)35/h3-19,31H,20-21H2,1-2H3,(H,37,41)(H,36,38,39). The predicted molar refractivity (Wildman–Crippen MR) is 173 cm³/mol. The van der Waals surface area contributed by atoms with E-state index in [4.69, 9.17) is 26.4 Å². The highest BCUT2D eigenvalue weighted by Crippen LogP contribution is 2.38. The molecule has 0 spiro atoms. The van der Waals surface area contributed by atoms with E-state index in [-0.39, 0.29) is 5.91 Å². The van der Waals surface area contributed by atoms with Crippen LogP contribution < -0.4 is 15.4 Å². The Morgan fingerprint density at radius 1 is 0.977 bits per heavy atom. The molecule has 0 saturated heterocycles. The summed E-state index contributed by atoms with van der Waals surface area (Å²) in [6.07, 6.45) is 0. The highest BCUT2D eigenvalue weighted by atomic mass is 35.5. The number of carbonyl (C=O) groups is 1. The molecule has 1 amide bonds. The van der Waals surface area contributed by atoms with E-state index < -0.39 is 6.04 Å². The highest BCUT2D eigenvalue weighted by molar-refractivity contribution is 7.98. The maximum Gasteiger partial charge on any atom is 0.255 e. The first-order chi connectivity index (χ1) is 20.9. The van der Waals surface area contributed by atoms with Crippen LogP contribution in [0.15, 0.2) is 120 Å². The minimum absolute atomic E-state index is 0.215. The molecule has 0 fully saturated rings. The molecule has 2 heterocycles. The molecule has 0 bridgehead atoms. The number of anilines is 2. The highest BCUT2D eigenvalue weighted by Gasteiger charge is 2.34. The van der Waals surface area contributed by atoms with Crippen LogP contribution in [-0.2, 0) is 17.2 Å². The second kappa shape index (κ2) is 12.8. The summed E-state index contributed by atoms with van der Waals surface area (Å²) in [5, 5.41) is 12.5. The van der Waals surface area contributed by atoms with Crippen LogP contribution in [0.25, 0.3) is 0 Å². The Balaban J connectivity index is 1.29. The molecule has 216 valence electrons. The van der Waals surface area contributed by atoms with Crippen molar-refractivity contribution in [1.82, 2.24) is 14.8 Å². The summed E-state index contributed by atoms with van der Waals surface area (Å²) < 4.78 is 7.85. The average Bonchev–Trinajstić information content (AvgIpc) is 3.42. The molecule has 0 radical (unpaired) electrons. The minimum atomic E-state index is -0.507. The van der Waals surface area contributed by atoms with Crippen LogP contribution in [0.5, 0.6) is 5.75 Å². The molecule has 1 atom stereocenters. The van der Waals surface area contributed by atoms with Crippen molar-refractivity contribution >= 4 is 40.9 Å². The van der Waals surface area contributed by atoms with Gasteiger partial charge in [-0.1, -0.05) is 102 Å². The number of nitrogens with one attached hydrogen (secondary N) is 2. The van der Waals surface area contributed by atoms with Crippen molar-refractivity contribution in [3.8, 4) is 5.75 Å². The van der Waals surface area contributed by atoms with Gasteiger partial charge < -0.3 is 15.4 Å². The number of carbonyl (C=O) groups excluding carboxylic acids is 1. The molecule has 43 heavy (non-hydrogen) atoms. The molecule has 0 saturated carbocycles. The lowest BCUT2D eigenvalue weighted by atomic mass is 9.95. The molecule has 0 aliphatic carbocycles. The molecule has 5 aromatic rings. The summed E-state index contributed by atoms with van der Waals surface area (Å²) in [4.78, 5) is 18.5. The Hall–Kier alpha value is -4.53. The van der Waals surface area contributed by atoms with Crippen molar-refractivity contribution < 1.29 is 9.53 Å². The number of hydrogen-bond donors (Lipinski definition) is 2. The van der Waals surface area contributed by atoms with Gasteiger partial charge in [0.2, 0.25) is 11.1 Å². The van der Waals surface area contributed by atoms with Crippen molar-refractivity contribution in [3.63, 3.8) is 0 Å². The number of ether oxygens (including phenoxy) is 1. The zero-order valence-electron chi connectivity index (χ0n) is 23.8. The number of aromatic nitrogens is 3. The van der Waals surface area contributed by atoms with Crippen molar-refractivity contribution in [1.29, 1.82) is 0 Å². The molecule has 9 heteroatoms. The minimum Gasteiger partial charge on any atom is -0.489 e. The molecule has 1 aliphatic heterocycles. The van der Waals surface area contributed by atoms with Crippen LogP contribution in [-0.4, -0.2) is 20.7 Å². The summed E-state index contributed by atoms with van der Waals surface area (Å²) in [5.41, 5.74) is 6.17. The summed E-state index contributed by atoms with van der Waals surface area (Å²) in [6, 6.07) is 32.7. The number of fused-ring (bicyclic) bond motifs is 1. The van der Waals surface area contributed by atoms with Gasteiger partial charge in [0.15, 0.2) is 0 Å². The van der Waals surface area contributed by atoms with Crippen LogP contribution in [0.2, 0.25) is 5.02 Å². The normalized spacial score (nSPS) is 14.2. The Morgan fingerprint density at radius 2 is 1.74 bits per heavy atom. The Morgan fingerprint density at radius 3 is 2.51 bits per heavy atom. The van der Waals surface area contributed by atoms with E-state index in [0.717, 1.165) is 22.4 Å². The van der Waals surface area contributed by atoms with Crippen LogP contribution in [0.3, 0.4) is 0 Å². The van der Waals surface area contributed by atoms with Gasteiger partial charge in [0, 0.05) is 22.2 Å². The van der Waals surface area contributed by atoms with Gasteiger partial charge in [0.05, 0.1) is 5.57 Å². The first-order valence-electron chi connectivity index (χ1n) is 13.9. The molecule has 6 rings (SSSR count). The van der Waals surface area contributed by atoms with E-state index in [2.05, 4.69) is 35.8 Å². The van der Waals surface area contributed by atoms with E-state index in [0.29, 0.717) is 45.4 Å². The van der Waals surface area contributed by atoms with Crippen LogP contribution in [0.4, 0.5) is 11.6 Å². The van der Waals surface area contributed by atoms with Gasteiger partial charge in [-0.2, -0.15) is 4.98 Å². The quantitative estimate of drug-likeness (QED) is 0.165. The lowest BCUT2D eigenvalue weighted by Crippen LogP contribution is -2.31. The van der Waals surface area contributed by atoms with E-state index in [9.17, 15) is 4.79 Å². The van der Waals surface area contributed by atoms with Gasteiger partial charge in [0.25, 0.3) is 5.91 Å². The summed E-state index contributed by atoms with van der Waals surface area (Å²) >= 11 is 7.87. The van der Waals surface area contributed by atoms with Crippen LogP contribution in [0.1, 0.15) is 35.2 Å². The van der Waals surface area contributed by atoms with Gasteiger partial charge in [-0.3, -0.25) is 4.79 Å². The molecular formula is C34H30ClN5O2S. The largest absolute Gasteiger partial charge is 0.489 e. The molecule has 1 aromatic heterocycles. The third-order valence-corrected chi connectivity index (χ3v) is 8.36. The summed E-state index contributed by atoms with van der Waals surface area (Å²) in [6.45, 7) is 4.43. The number of allylic oxidation sites excluding steroid dienone is 1. The Bertz CT molecular complexity index is 1790. The van der Waals surface area contributed by atoms with Crippen molar-refractivity contribution in [2.75, 3.05) is 10.6 Å². The SMILES string of the molecule is CC1=C(C(=O)Nc2ccccc2)C(c2ccc(OCc3cccc(C)c3)cc2)n2nc(SCc3ccccc3Cl)nc2N1. The average molecular weight is 608 g/mol. The fourth-order valence-electron chi connectivity index (χ4n) is 4.99. The van der Waals surface area contributed by atoms with Gasteiger partial charge in [0.1, 0.15) is 18.4 Å². The maximum atomic E-state index is 13.8. The van der Waals surface area contributed by atoms with E-state index >= 15 is 0 Å². The van der Waals surface area contributed by atoms with Crippen LogP contribution in [0, 0.1) is 6.92 Å². The predicted octanol–water partition coefficient (Wildman–Crippen LogP) is 8.04. The van der Waals surface area contributed by atoms with E-state index in [1.54, 1.807) is 4.68 Å². The number of thioether (sulfide) groups is 1. The van der Waals surface area contributed by atoms with Crippen molar-refractivity contribution in [2.24, 2.45) is 0 Å². The lowest BCUT2D eigenvalue weighted by Gasteiger charge is -2.28. The number of rotatable bonds is 9. The lowest BCUT2D eigenvalue weighted by molar-refractivity contribution is -0.113. The number of halogens is 1. The summed E-state index contributed by atoms with van der Waals surface area (Å²) in [7, 11) is 0.